The number of aromatic nitrogens is 2. The van der Waals surface area contributed by atoms with Gasteiger partial charge in [-0.3, -0.25) is 9.36 Å². The summed E-state index contributed by atoms with van der Waals surface area (Å²) in [4.78, 5) is 18.4. The maximum Gasteiger partial charge on any atom is 0.264 e. The van der Waals surface area contributed by atoms with Crippen molar-refractivity contribution in [3.05, 3.63) is 101 Å². The highest BCUT2D eigenvalue weighted by Crippen LogP contribution is 2.32. The zero-order chi connectivity index (χ0) is 20.0. The van der Waals surface area contributed by atoms with Gasteiger partial charge in [-0.05, 0) is 48.0 Å². The van der Waals surface area contributed by atoms with Crippen LogP contribution in [-0.4, -0.2) is 15.5 Å². The molecule has 0 N–H and O–H groups in total. The average molecular weight is 397 g/mol. The van der Waals surface area contributed by atoms with Crippen molar-refractivity contribution in [2.24, 2.45) is 0 Å². The molecule has 0 fully saturated rings. The molecule has 29 heavy (non-hydrogen) atoms. The third-order valence-electron chi connectivity index (χ3n) is 5.15. The van der Waals surface area contributed by atoms with Crippen LogP contribution >= 0.6 is 11.6 Å². The second kappa shape index (κ2) is 6.87. The van der Waals surface area contributed by atoms with Gasteiger partial charge in [-0.1, -0.05) is 71.8 Å². The normalized spacial score (nSPS) is 11.2. The number of carbonyl (C=O) groups excluding carboxylic acids is 1. The van der Waals surface area contributed by atoms with E-state index in [9.17, 15) is 4.79 Å². The molecule has 0 atom stereocenters. The molecule has 140 valence electrons. The van der Waals surface area contributed by atoms with Crippen LogP contribution in [0.5, 0.6) is 0 Å². The topological polar surface area (TPSA) is 34.9 Å². The van der Waals surface area contributed by atoms with E-state index in [0.717, 1.165) is 27.4 Å². The number of halogens is 1. The summed E-state index contributed by atoms with van der Waals surface area (Å²) in [7, 11) is 0. The number of imidazole rings is 1. The SMILES string of the molecule is Cc1ccc(C(=O)n2c(-c3cccc4ccccc34)nc3cc(Cl)ccc32)cc1. The lowest BCUT2D eigenvalue weighted by Crippen LogP contribution is -2.13. The van der Waals surface area contributed by atoms with E-state index in [1.807, 2.05) is 61.5 Å². The first kappa shape index (κ1) is 17.7. The summed E-state index contributed by atoms with van der Waals surface area (Å²) in [6.07, 6.45) is 0. The van der Waals surface area contributed by atoms with Crippen LogP contribution < -0.4 is 0 Å². The van der Waals surface area contributed by atoms with Crippen LogP contribution in [0, 0.1) is 6.92 Å². The minimum absolute atomic E-state index is 0.113. The molecule has 5 aromatic rings. The van der Waals surface area contributed by atoms with E-state index in [1.165, 1.54) is 0 Å². The Morgan fingerprint density at radius 2 is 1.66 bits per heavy atom. The van der Waals surface area contributed by atoms with Crippen LogP contribution in [0.1, 0.15) is 15.9 Å². The third kappa shape index (κ3) is 3.00. The zero-order valence-corrected chi connectivity index (χ0v) is 16.5. The van der Waals surface area contributed by atoms with Gasteiger partial charge in [0.05, 0.1) is 11.0 Å². The first-order valence-electron chi connectivity index (χ1n) is 9.39. The van der Waals surface area contributed by atoms with E-state index in [1.54, 1.807) is 16.7 Å². The fraction of sp³-hybridized carbons (Fsp3) is 0.0400. The number of fused-ring (bicyclic) bond motifs is 2. The van der Waals surface area contributed by atoms with Gasteiger partial charge in [-0.15, -0.1) is 0 Å². The predicted molar refractivity (Wildman–Crippen MR) is 119 cm³/mol. The van der Waals surface area contributed by atoms with Gasteiger partial charge in [0.25, 0.3) is 5.91 Å². The molecular formula is C25H17ClN2O. The minimum atomic E-state index is -0.113. The number of benzene rings is 4. The van der Waals surface area contributed by atoms with Gasteiger partial charge in [0.2, 0.25) is 0 Å². The molecule has 1 aromatic heterocycles. The van der Waals surface area contributed by atoms with E-state index in [-0.39, 0.29) is 5.91 Å². The van der Waals surface area contributed by atoms with Gasteiger partial charge >= 0.3 is 0 Å². The van der Waals surface area contributed by atoms with Crippen LogP contribution in [0.25, 0.3) is 33.2 Å². The van der Waals surface area contributed by atoms with E-state index < -0.39 is 0 Å². The number of carbonyl (C=O) groups is 1. The molecule has 0 amide bonds. The van der Waals surface area contributed by atoms with E-state index in [0.29, 0.717) is 21.9 Å². The highest BCUT2D eigenvalue weighted by Gasteiger charge is 2.21. The molecule has 4 aromatic carbocycles. The molecule has 0 spiro atoms. The van der Waals surface area contributed by atoms with Gasteiger partial charge in [0.1, 0.15) is 5.82 Å². The van der Waals surface area contributed by atoms with Gasteiger partial charge in [0, 0.05) is 16.1 Å². The first-order valence-corrected chi connectivity index (χ1v) is 9.77. The molecule has 4 heteroatoms. The van der Waals surface area contributed by atoms with Crippen molar-refractivity contribution in [1.29, 1.82) is 0 Å². The number of aryl methyl sites for hydroxylation is 1. The van der Waals surface area contributed by atoms with Gasteiger partial charge < -0.3 is 0 Å². The van der Waals surface area contributed by atoms with Crippen LogP contribution in [0.2, 0.25) is 5.02 Å². The number of hydrogen-bond donors (Lipinski definition) is 0. The smallest absolute Gasteiger partial charge is 0.264 e. The molecule has 0 aliphatic rings. The van der Waals surface area contributed by atoms with Crippen molar-refractivity contribution in [2.75, 3.05) is 0 Å². The van der Waals surface area contributed by atoms with Crippen LogP contribution in [0.15, 0.2) is 84.9 Å². The Hall–Kier alpha value is -3.43. The van der Waals surface area contributed by atoms with E-state index in [4.69, 9.17) is 16.6 Å². The minimum Gasteiger partial charge on any atom is -0.268 e. The van der Waals surface area contributed by atoms with Crippen molar-refractivity contribution in [2.45, 2.75) is 6.92 Å². The van der Waals surface area contributed by atoms with Crippen molar-refractivity contribution in [1.82, 2.24) is 9.55 Å². The van der Waals surface area contributed by atoms with E-state index >= 15 is 0 Å². The number of nitrogens with zero attached hydrogens (tertiary/aromatic N) is 2. The first-order chi connectivity index (χ1) is 14.1. The lowest BCUT2D eigenvalue weighted by molar-refractivity contribution is 0.0966. The van der Waals surface area contributed by atoms with Crippen molar-refractivity contribution in [3.63, 3.8) is 0 Å². The standard InChI is InChI=1S/C25H17ClN2O/c1-16-9-11-18(12-10-16)25(29)28-23-14-13-19(26)15-22(23)27-24(28)21-8-4-6-17-5-2-3-7-20(17)21/h2-15H,1H3. The summed E-state index contributed by atoms with van der Waals surface area (Å²) in [5, 5.41) is 2.74. The highest BCUT2D eigenvalue weighted by atomic mass is 35.5. The summed E-state index contributed by atoms with van der Waals surface area (Å²) >= 11 is 6.20. The molecule has 0 saturated carbocycles. The Bertz CT molecular complexity index is 1380. The van der Waals surface area contributed by atoms with Crippen LogP contribution in [0.4, 0.5) is 0 Å². The maximum absolute atomic E-state index is 13.5. The molecule has 0 saturated heterocycles. The Morgan fingerprint density at radius 1 is 0.897 bits per heavy atom. The fourth-order valence-electron chi connectivity index (χ4n) is 3.69. The molecule has 3 nitrogen and oxygen atoms in total. The Morgan fingerprint density at radius 3 is 2.48 bits per heavy atom. The highest BCUT2D eigenvalue weighted by molar-refractivity contribution is 6.31. The molecule has 0 aliphatic carbocycles. The predicted octanol–water partition coefficient (Wildman–Crippen LogP) is 6.51. The van der Waals surface area contributed by atoms with Crippen LogP contribution in [-0.2, 0) is 0 Å². The average Bonchev–Trinajstić information content (AvgIpc) is 3.11. The lowest BCUT2D eigenvalue weighted by atomic mass is 10.0. The van der Waals surface area contributed by atoms with E-state index in [2.05, 4.69) is 18.2 Å². The monoisotopic (exact) mass is 396 g/mol. The second-order valence-electron chi connectivity index (χ2n) is 7.10. The Labute approximate surface area is 173 Å². The number of hydrogen-bond acceptors (Lipinski definition) is 2. The van der Waals surface area contributed by atoms with Gasteiger partial charge in [0.15, 0.2) is 0 Å². The number of rotatable bonds is 2. The summed E-state index contributed by atoms with van der Waals surface area (Å²) < 4.78 is 1.69. The lowest BCUT2D eigenvalue weighted by Gasteiger charge is -2.10. The molecule has 0 bridgehead atoms. The molecule has 0 radical (unpaired) electrons. The molecule has 0 aliphatic heterocycles. The Balaban J connectivity index is 1.82. The summed E-state index contributed by atoms with van der Waals surface area (Å²) in [6, 6.07) is 27.2. The second-order valence-corrected chi connectivity index (χ2v) is 7.54. The molecule has 5 rings (SSSR count). The summed E-state index contributed by atoms with van der Waals surface area (Å²) in [5.74, 6) is 0.502. The molecule has 0 unspecified atom stereocenters. The molecular weight excluding hydrogens is 380 g/mol. The van der Waals surface area contributed by atoms with Gasteiger partial charge in [-0.2, -0.15) is 0 Å². The maximum atomic E-state index is 13.5. The van der Waals surface area contributed by atoms with Crippen molar-refractivity contribution < 1.29 is 4.79 Å². The summed E-state index contributed by atoms with van der Waals surface area (Å²) in [6.45, 7) is 2.00. The van der Waals surface area contributed by atoms with Crippen molar-refractivity contribution in [3.8, 4) is 11.4 Å². The fourth-order valence-corrected chi connectivity index (χ4v) is 3.85. The Kier molecular flexibility index (Phi) is 4.18. The third-order valence-corrected chi connectivity index (χ3v) is 5.38. The van der Waals surface area contributed by atoms with Crippen molar-refractivity contribution >= 4 is 39.3 Å². The summed E-state index contributed by atoms with van der Waals surface area (Å²) in [5.41, 5.74) is 4.07. The van der Waals surface area contributed by atoms with Crippen LogP contribution in [0.3, 0.4) is 0 Å². The largest absolute Gasteiger partial charge is 0.268 e. The quantitative estimate of drug-likeness (QED) is 0.341. The molecule has 1 heterocycles. The van der Waals surface area contributed by atoms with Gasteiger partial charge in [-0.25, -0.2) is 4.98 Å². The zero-order valence-electron chi connectivity index (χ0n) is 15.8.